The SMILES string of the molecule is CN(CCC(=O)O)C(=O)C1CCC(CN)CC1. The van der Waals surface area contributed by atoms with Crippen LogP contribution < -0.4 is 5.73 Å². The Morgan fingerprint density at radius 2 is 1.88 bits per heavy atom. The van der Waals surface area contributed by atoms with Gasteiger partial charge in [-0.3, -0.25) is 9.59 Å². The van der Waals surface area contributed by atoms with Crippen LogP contribution >= 0.6 is 0 Å². The first-order valence-corrected chi connectivity index (χ1v) is 6.21. The number of aliphatic carboxylic acids is 1. The fourth-order valence-electron chi connectivity index (χ4n) is 2.33. The molecule has 0 heterocycles. The maximum Gasteiger partial charge on any atom is 0.305 e. The minimum absolute atomic E-state index is 0.0143. The minimum Gasteiger partial charge on any atom is -0.481 e. The number of amides is 1. The number of rotatable bonds is 5. The minimum atomic E-state index is -0.864. The zero-order valence-corrected chi connectivity index (χ0v) is 10.4. The van der Waals surface area contributed by atoms with Gasteiger partial charge >= 0.3 is 5.97 Å². The molecule has 1 aliphatic rings. The maximum atomic E-state index is 12.0. The van der Waals surface area contributed by atoms with Crippen molar-refractivity contribution in [3.05, 3.63) is 0 Å². The first-order valence-electron chi connectivity index (χ1n) is 6.21. The maximum absolute atomic E-state index is 12.0. The third-order valence-corrected chi connectivity index (χ3v) is 3.57. The van der Waals surface area contributed by atoms with E-state index >= 15 is 0 Å². The zero-order valence-electron chi connectivity index (χ0n) is 10.4. The zero-order chi connectivity index (χ0) is 12.8. The number of hydrogen-bond acceptors (Lipinski definition) is 3. The highest BCUT2D eigenvalue weighted by atomic mass is 16.4. The van der Waals surface area contributed by atoms with E-state index in [9.17, 15) is 9.59 Å². The Hall–Kier alpha value is -1.10. The van der Waals surface area contributed by atoms with Gasteiger partial charge in [0.05, 0.1) is 6.42 Å². The van der Waals surface area contributed by atoms with E-state index in [4.69, 9.17) is 10.8 Å². The third-order valence-electron chi connectivity index (χ3n) is 3.57. The van der Waals surface area contributed by atoms with Crippen molar-refractivity contribution in [1.29, 1.82) is 0 Å². The quantitative estimate of drug-likeness (QED) is 0.742. The van der Waals surface area contributed by atoms with Crippen LogP contribution in [0.25, 0.3) is 0 Å². The van der Waals surface area contributed by atoms with Crippen LogP contribution in [0.15, 0.2) is 0 Å². The fraction of sp³-hybridized carbons (Fsp3) is 0.833. The Morgan fingerprint density at radius 3 is 2.35 bits per heavy atom. The highest BCUT2D eigenvalue weighted by molar-refractivity contribution is 5.79. The molecule has 1 rings (SSSR count). The van der Waals surface area contributed by atoms with Crippen LogP contribution in [0.5, 0.6) is 0 Å². The summed E-state index contributed by atoms with van der Waals surface area (Å²) in [6.45, 7) is 1.00. The van der Waals surface area contributed by atoms with Crippen molar-refractivity contribution in [3.8, 4) is 0 Å². The van der Waals surface area contributed by atoms with Gasteiger partial charge in [0, 0.05) is 19.5 Å². The average molecular weight is 242 g/mol. The average Bonchev–Trinajstić information content (AvgIpc) is 2.35. The molecule has 98 valence electrons. The van der Waals surface area contributed by atoms with Gasteiger partial charge in [-0.25, -0.2) is 0 Å². The van der Waals surface area contributed by atoms with Crippen molar-refractivity contribution < 1.29 is 14.7 Å². The number of nitrogens with two attached hydrogens (primary N) is 1. The summed E-state index contributed by atoms with van der Waals surface area (Å²) in [6, 6.07) is 0. The molecule has 5 heteroatoms. The molecule has 0 unspecified atom stereocenters. The molecule has 5 nitrogen and oxygen atoms in total. The van der Waals surface area contributed by atoms with E-state index < -0.39 is 5.97 Å². The smallest absolute Gasteiger partial charge is 0.305 e. The van der Waals surface area contributed by atoms with E-state index in [1.165, 1.54) is 0 Å². The molecule has 0 saturated heterocycles. The molecule has 0 aromatic carbocycles. The van der Waals surface area contributed by atoms with Gasteiger partial charge in [-0.15, -0.1) is 0 Å². The van der Waals surface area contributed by atoms with Gasteiger partial charge < -0.3 is 15.7 Å². The molecule has 0 aromatic heterocycles. The van der Waals surface area contributed by atoms with Gasteiger partial charge in [0.2, 0.25) is 5.91 Å². The first-order chi connectivity index (χ1) is 8.04. The molecule has 0 spiro atoms. The fourth-order valence-corrected chi connectivity index (χ4v) is 2.33. The summed E-state index contributed by atoms with van der Waals surface area (Å²) >= 11 is 0. The number of nitrogens with zero attached hydrogens (tertiary/aromatic N) is 1. The Balaban J connectivity index is 2.34. The first kappa shape index (κ1) is 14.0. The summed E-state index contributed by atoms with van der Waals surface area (Å²) < 4.78 is 0. The molecular weight excluding hydrogens is 220 g/mol. The van der Waals surface area contributed by atoms with Crippen molar-refractivity contribution >= 4 is 11.9 Å². The summed E-state index contributed by atoms with van der Waals surface area (Å²) in [5.41, 5.74) is 5.60. The topological polar surface area (TPSA) is 83.6 Å². The molecule has 3 N–H and O–H groups in total. The van der Waals surface area contributed by atoms with Crippen LogP contribution in [-0.4, -0.2) is 42.0 Å². The lowest BCUT2D eigenvalue weighted by Crippen LogP contribution is -2.36. The van der Waals surface area contributed by atoms with Gasteiger partial charge in [-0.05, 0) is 38.1 Å². The molecule has 0 bridgehead atoms. The second-order valence-corrected chi connectivity index (χ2v) is 4.86. The molecule has 0 aliphatic heterocycles. The van der Waals surface area contributed by atoms with Crippen molar-refractivity contribution in [2.24, 2.45) is 17.6 Å². The monoisotopic (exact) mass is 242 g/mol. The Bertz CT molecular complexity index is 273. The van der Waals surface area contributed by atoms with E-state index in [0.717, 1.165) is 25.7 Å². The Labute approximate surface area is 102 Å². The lowest BCUT2D eigenvalue weighted by molar-refractivity contribution is -0.139. The summed E-state index contributed by atoms with van der Waals surface area (Å²) in [7, 11) is 1.68. The van der Waals surface area contributed by atoms with Gasteiger partial charge in [0.1, 0.15) is 0 Å². The summed E-state index contributed by atoms with van der Waals surface area (Å²) in [6.07, 6.45) is 3.82. The predicted molar refractivity (Wildman–Crippen MR) is 64.4 cm³/mol. The van der Waals surface area contributed by atoms with Gasteiger partial charge in [0.15, 0.2) is 0 Å². The Morgan fingerprint density at radius 1 is 1.29 bits per heavy atom. The lowest BCUT2D eigenvalue weighted by atomic mass is 9.81. The van der Waals surface area contributed by atoms with Crippen LogP contribution in [0.3, 0.4) is 0 Å². The van der Waals surface area contributed by atoms with Crippen LogP contribution in [-0.2, 0) is 9.59 Å². The van der Waals surface area contributed by atoms with Crippen LogP contribution in [0.2, 0.25) is 0 Å². The third kappa shape index (κ3) is 4.34. The van der Waals surface area contributed by atoms with Crippen LogP contribution in [0.4, 0.5) is 0 Å². The number of carboxylic acid groups (broad SMARTS) is 1. The van der Waals surface area contributed by atoms with E-state index in [0.29, 0.717) is 19.0 Å². The van der Waals surface area contributed by atoms with E-state index in [2.05, 4.69) is 0 Å². The normalized spacial score (nSPS) is 24.4. The number of hydrogen-bond donors (Lipinski definition) is 2. The second-order valence-electron chi connectivity index (χ2n) is 4.86. The van der Waals surface area contributed by atoms with Crippen molar-refractivity contribution in [2.45, 2.75) is 32.1 Å². The molecular formula is C12H22N2O3. The highest BCUT2D eigenvalue weighted by Gasteiger charge is 2.27. The van der Waals surface area contributed by atoms with E-state index in [1.807, 2.05) is 0 Å². The standard InChI is InChI=1S/C12H22N2O3/c1-14(7-6-11(15)16)12(17)10-4-2-9(8-13)3-5-10/h9-10H,2-8,13H2,1H3,(H,15,16). The van der Waals surface area contributed by atoms with Gasteiger partial charge in [-0.1, -0.05) is 0 Å². The van der Waals surface area contributed by atoms with Crippen molar-refractivity contribution in [1.82, 2.24) is 4.90 Å². The number of carboxylic acids is 1. The Kier molecular flexibility index (Phi) is 5.41. The van der Waals surface area contributed by atoms with E-state index in [-0.39, 0.29) is 18.2 Å². The summed E-state index contributed by atoms with van der Waals surface area (Å²) in [4.78, 5) is 24.0. The van der Waals surface area contributed by atoms with Gasteiger partial charge in [-0.2, -0.15) is 0 Å². The number of carbonyl (C=O) groups is 2. The molecule has 0 aromatic rings. The van der Waals surface area contributed by atoms with E-state index in [1.54, 1.807) is 11.9 Å². The van der Waals surface area contributed by atoms with Gasteiger partial charge in [0.25, 0.3) is 0 Å². The molecule has 1 saturated carbocycles. The second kappa shape index (κ2) is 6.59. The largest absolute Gasteiger partial charge is 0.481 e. The predicted octanol–water partition coefficient (Wildman–Crippen LogP) is 0.685. The molecule has 1 aliphatic carbocycles. The summed E-state index contributed by atoms with van der Waals surface area (Å²) in [5, 5.41) is 8.57. The highest BCUT2D eigenvalue weighted by Crippen LogP contribution is 2.29. The number of carbonyl (C=O) groups excluding carboxylic acids is 1. The molecule has 17 heavy (non-hydrogen) atoms. The van der Waals surface area contributed by atoms with Crippen LogP contribution in [0, 0.1) is 11.8 Å². The molecule has 0 atom stereocenters. The molecule has 1 fully saturated rings. The summed E-state index contributed by atoms with van der Waals surface area (Å²) in [5.74, 6) is -0.154. The molecule has 1 amide bonds. The van der Waals surface area contributed by atoms with Crippen LogP contribution in [0.1, 0.15) is 32.1 Å². The molecule has 0 radical (unpaired) electrons. The lowest BCUT2D eigenvalue weighted by Gasteiger charge is -2.29. The van der Waals surface area contributed by atoms with Crippen molar-refractivity contribution in [2.75, 3.05) is 20.1 Å². The van der Waals surface area contributed by atoms with Crippen molar-refractivity contribution in [3.63, 3.8) is 0 Å².